The summed E-state index contributed by atoms with van der Waals surface area (Å²) in [5.74, 6) is 1.97. The van der Waals surface area contributed by atoms with Crippen LogP contribution >= 0.6 is 23.2 Å². The van der Waals surface area contributed by atoms with E-state index in [1.165, 1.54) is 0 Å². The maximum Gasteiger partial charge on any atom is 0.156 e. The summed E-state index contributed by atoms with van der Waals surface area (Å²) in [7, 11) is 1.63. The summed E-state index contributed by atoms with van der Waals surface area (Å²) in [5, 5.41) is 0.943. The third-order valence-electron chi connectivity index (χ3n) is 3.41. The maximum atomic E-state index is 6.30. The number of hydrogen-bond acceptors (Lipinski definition) is 3. The molecule has 0 fully saturated rings. The normalized spacial score (nSPS) is 11.0. The smallest absolute Gasteiger partial charge is 0.156 e. The van der Waals surface area contributed by atoms with Gasteiger partial charge in [-0.2, -0.15) is 0 Å². The van der Waals surface area contributed by atoms with Crippen molar-refractivity contribution in [3.63, 3.8) is 0 Å². The third-order valence-corrected chi connectivity index (χ3v) is 3.97. The molecule has 0 radical (unpaired) electrons. The van der Waals surface area contributed by atoms with Crippen molar-refractivity contribution in [2.75, 3.05) is 13.7 Å². The summed E-state index contributed by atoms with van der Waals surface area (Å²) in [6.07, 6.45) is 0.889. The van der Waals surface area contributed by atoms with Crippen LogP contribution in [0, 0.1) is 0 Å². The van der Waals surface area contributed by atoms with Crippen molar-refractivity contribution in [1.29, 1.82) is 0 Å². The zero-order valence-electron chi connectivity index (χ0n) is 12.8. The Morgan fingerprint density at radius 2 is 1.87 bits per heavy atom. The molecule has 0 bridgehead atoms. The molecule has 120 valence electrons. The fourth-order valence-corrected chi connectivity index (χ4v) is 2.89. The first-order chi connectivity index (χ1) is 11.1. The van der Waals surface area contributed by atoms with E-state index in [2.05, 4.69) is 9.97 Å². The van der Waals surface area contributed by atoms with Gasteiger partial charge in [0.15, 0.2) is 5.75 Å². The van der Waals surface area contributed by atoms with Crippen molar-refractivity contribution >= 4 is 34.2 Å². The van der Waals surface area contributed by atoms with Crippen LogP contribution < -0.4 is 9.47 Å². The minimum Gasteiger partial charge on any atom is -0.497 e. The fourth-order valence-electron chi connectivity index (χ4n) is 2.29. The number of aromatic amines is 1. The zero-order valence-corrected chi connectivity index (χ0v) is 14.3. The van der Waals surface area contributed by atoms with E-state index in [0.29, 0.717) is 28.2 Å². The van der Waals surface area contributed by atoms with E-state index in [4.69, 9.17) is 32.7 Å². The third kappa shape index (κ3) is 3.23. The molecule has 0 saturated carbocycles. The molecule has 1 N–H and O–H groups in total. The van der Waals surface area contributed by atoms with Crippen LogP contribution in [0.2, 0.25) is 10.0 Å². The van der Waals surface area contributed by atoms with Crippen molar-refractivity contribution in [1.82, 2.24) is 9.97 Å². The molecule has 4 nitrogen and oxygen atoms in total. The molecule has 0 aliphatic heterocycles. The summed E-state index contributed by atoms with van der Waals surface area (Å²) < 4.78 is 10.8. The summed E-state index contributed by atoms with van der Waals surface area (Å²) in [6.45, 7) is 2.60. The average molecular weight is 351 g/mol. The first-order valence-electron chi connectivity index (χ1n) is 7.28. The van der Waals surface area contributed by atoms with Crippen LogP contribution in [-0.4, -0.2) is 23.7 Å². The Labute approximate surface area is 144 Å². The second-order valence-corrected chi connectivity index (χ2v) is 5.90. The second kappa shape index (κ2) is 6.69. The number of aromatic nitrogens is 2. The number of ether oxygens (including phenoxy) is 2. The van der Waals surface area contributed by atoms with Crippen LogP contribution in [0.25, 0.3) is 22.4 Å². The molecule has 0 amide bonds. The highest BCUT2D eigenvalue weighted by Gasteiger charge is 2.13. The number of hydrogen-bond donors (Lipinski definition) is 1. The Hall–Kier alpha value is -1.91. The summed E-state index contributed by atoms with van der Waals surface area (Å²) in [6, 6.07) is 9.26. The molecule has 0 aliphatic carbocycles. The van der Waals surface area contributed by atoms with Crippen LogP contribution in [0.4, 0.5) is 0 Å². The number of rotatable bonds is 5. The fraction of sp³-hybridized carbons (Fsp3) is 0.235. The largest absolute Gasteiger partial charge is 0.497 e. The minimum atomic E-state index is 0.471. The van der Waals surface area contributed by atoms with Crippen LogP contribution in [0.5, 0.6) is 11.5 Å². The predicted molar refractivity (Wildman–Crippen MR) is 93.9 cm³/mol. The lowest BCUT2D eigenvalue weighted by molar-refractivity contribution is 0.318. The number of fused-ring (bicyclic) bond motifs is 1. The molecule has 2 aromatic carbocycles. The molecular formula is C17H16Cl2N2O2. The van der Waals surface area contributed by atoms with Gasteiger partial charge in [0.25, 0.3) is 0 Å². The minimum absolute atomic E-state index is 0.471. The van der Waals surface area contributed by atoms with Crippen molar-refractivity contribution in [3.05, 3.63) is 40.4 Å². The van der Waals surface area contributed by atoms with E-state index in [1.807, 2.05) is 25.1 Å². The first kappa shape index (κ1) is 16.0. The number of H-pyrrole nitrogens is 1. The number of benzene rings is 2. The van der Waals surface area contributed by atoms with Crippen LogP contribution in [0.15, 0.2) is 30.3 Å². The van der Waals surface area contributed by atoms with E-state index < -0.39 is 0 Å². The summed E-state index contributed by atoms with van der Waals surface area (Å²) in [4.78, 5) is 7.82. The zero-order chi connectivity index (χ0) is 16.4. The van der Waals surface area contributed by atoms with Crippen molar-refractivity contribution in [2.45, 2.75) is 13.3 Å². The number of nitrogens with zero attached hydrogens (tertiary/aromatic N) is 1. The maximum absolute atomic E-state index is 6.30. The van der Waals surface area contributed by atoms with Gasteiger partial charge in [0, 0.05) is 11.6 Å². The highest BCUT2D eigenvalue weighted by atomic mass is 35.5. The Morgan fingerprint density at radius 1 is 1.13 bits per heavy atom. The van der Waals surface area contributed by atoms with Gasteiger partial charge in [0.1, 0.15) is 11.6 Å². The first-order valence-corrected chi connectivity index (χ1v) is 8.04. The molecule has 6 heteroatoms. The van der Waals surface area contributed by atoms with Gasteiger partial charge in [-0.05, 0) is 30.7 Å². The molecule has 0 spiro atoms. The quantitative estimate of drug-likeness (QED) is 0.675. The van der Waals surface area contributed by atoms with Crippen molar-refractivity contribution < 1.29 is 9.47 Å². The standard InChI is InChI=1S/C17H16Cl2N2O2/c1-3-6-23-16-12(18)7-10(8-13(16)19)17-20-14-5-4-11(22-2)9-15(14)21-17/h4-5,7-9H,3,6H2,1-2H3,(H,20,21). The molecule has 0 unspecified atom stereocenters. The van der Waals surface area contributed by atoms with Crippen LogP contribution in [-0.2, 0) is 0 Å². The molecule has 0 saturated heterocycles. The molecular weight excluding hydrogens is 335 g/mol. The Balaban J connectivity index is 2.01. The van der Waals surface area contributed by atoms with Crippen molar-refractivity contribution in [3.8, 4) is 22.9 Å². The van der Waals surface area contributed by atoms with Gasteiger partial charge in [0.05, 0.1) is 34.8 Å². The van der Waals surface area contributed by atoms with Crippen LogP contribution in [0.1, 0.15) is 13.3 Å². The Morgan fingerprint density at radius 3 is 2.52 bits per heavy atom. The molecule has 0 aliphatic rings. The highest BCUT2D eigenvalue weighted by molar-refractivity contribution is 6.37. The van der Waals surface area contributed by atoms with Gasteiger partial charge < -0.3 is 14.5 Å². The van der Waals surface area contributed by atoms with E-state index >= 15 is 0 Å². The second-order valence-electron chi connectivity index (χ2n) is 5.09. The van der Waals surface area contributed by atoms with E-state index in [-0.39, 0.29) is 0 Å². The molecule has 23 heavy (non-hydrogen) atoms. The van der Waals surface area contributed by atoms with Gasteiger partial charge in [-0.1, -0.05) is 30.1 Å². The number of nitrogens with one attached hydrogen (secondary N) is 1. The lowest BCUT2D eigenvalue weighted by atomic mass is 10.2. The Bertz CT molecular complexity index is 823. The topological polar surface area (TPSA) is 47.1 Å². The van der Waals surface area contributed by atoms with Crippen molar-refractivity contribution in [2.24, 2.45) is 0 Å². The lowest BCUT2D eigenvalue weighted by Gasteiger charge is -2.10. The molecule has 1 aromatic heterocycles. The van der Waals surface area contributed by atoms with Gasteiger partial charge in [-0.15, -0.1) is 0 Å². The SMILES string of the molecule is CCCOc1c(Cl)cc(-c2nc3ccc(OC)cc3[nH]2)cc1Cl. The van der Waals surface area contributed by atoms with Gasteiger partial charge in [-0.25, -0.2) is 4.98 Å². The number of methoxy groups -OCH3 is 1. The Kier molecular flexibility index (Phi) is 4.64. The van der Waals surface area contributed by atoms with E-state index in [1.54, 1.807) is 19.2 Å². The molecule has 0 atom stereocenters. The van der Waals surface area contributed by atoms with Gasteiger partial charge >= 0.3 is 0 Å². The number of halogens is 2. The predicted octanol–water partition coefficient (Wildman–Crippen LogP) is 5.33. The van der Waals surface area contributed by atoms with Crippen LogP contribution in [0.3, 0.4) is 0 Å². The molecule has 1 heterocycles. The monoisotopic (exact) mass is 350 g/mol. The summed E-state index contributed by atoms with van der Waals surface area (Å²) >= 11 is 12.6. The summed E-state index contributed by atoms with van der Waals surface area (Å²) in [5.41, 5.74) is 2.54. The van der Waals surface area contributed by atoms with Gasteiger partial charge in [-0.3, -0.25) is 0 Å². The average Bonchev–Trinajstić information content (AvgIpc) is 2.97. The molecule has 3 rings (SSSR count). The van der Waals surface area contributed by atoms with E-state index in [0.717, 1.165) is 28.8 Å². The lowest BCUT2D eigenvalue weighted by Crippen LogP contribution is -1.97. The van der Waals surface area contributed by atoms with Gasteiger partial charge in [0.2, 0.25) is 0 Å². The highest BCUT2D eigenvalue weighted by Crippen LogP contribution is 2.37. The molecule has 3 aromatic rings. The van der Waals surface area contributed by atoms with E-state index in [9.17, 15) is 0 Å². The number of imidazole rings is 1.